The maximum atomic E-state index is 13.3. The van der Waals surface area contributed by atoms with Gasteiger partial charge in [-0.2, -0.15) is 5.10 Å². The Bertz CT molecular complexity index is 1070. The summed E-state index contributed by atoms with van der Waals surface area (Å²) in [5.74, 6) is -0.331. The van der Waals surface area contributed by atoms with Crippen LogP contribution in [-0.4, -0.2) is 44.6 Å². The van der Waals surface area contributed by atoms with Gasteiger partial charge in [0.15, 0.2) is 5.65 Å². The highest BCUT2D eigenvalue weighted by Gasteiger charge is 2.30. The first-order valence-corrected chi connectivity index (χ1v) is 10.4. The van der Waals surface area contributed by atoms with E-state index in [2.05, 4.69) is 29.2 Å². The number of likely N-dealkylation sites (tertiary alicyclic amines) is 1. The first-order chi connectivity index (χ1) is 14.4. The number of benzene rings is 1. The van der Waals surface area contributed by atoms with Crippen molar-refractivity contribution >= 4 is 28.5 Å². The molecule has 1 aliphatic heterocycles. The molecule has 4 rings (SSSR count). The molecule has 0 saturated carbocycles. The number of fused-ring (bicyclic) bond motifs is 1. The number of carbonyl (C=O) groups is 2. The summed E-state index contributed by atoms with van der Waals surface area (Å²) in [6.45, 7) is 7.03. The Morgan fingerprint density at radius 1 is 1.20 bits per heavy atom. The molecule has 1 saturated heterocycles. The summed E-state index contributed by atoms with van der Waals surface area (Å²) in [4.78, 5) is 32.4. The third kappa shape index (κ3) is 3.92. The van der Waals surface area contributed by atoms with Crippen LogP contribution in [-0.2, 0) is 4.79 Å². The number of hydrogen-bond acceptors (Lipinski definition) is 4. The molecule has 0 spiro atoms. The molecule has 0 aliphatic carbocycles. The maximum absolute atomic E-state index is 13.3. The van der Waals surface area contributed by atoms with Crippen molar-refractivity contribution in [1.82, 2.24) is 19.7 Å². The Morgan fingerprint density at radius 3 is 2.70 bits per heavy atom. The van der Waals surface area contributed by atoms with Crippen LogP contribution in [0.15, 0.2) is 42.6 Å². The molecule has 1 aromatic carbocycles. The fourth-order valence-electron chi connectivity index (χ4n) is 3.97. The van der Waals surface area contributed by atoms with Gasteiger partial charge >= 0.3 is 0 Å². The van der Waals surface area contributed by atoms with E-state index in [0.717, 1.165) is 29.6 Å². The van der Waals surface area contributed by atoms with E-state index in [1.165, 1.54) is 0 Å². The highest BCUT2D eigenvalue weighted by atomic mass is 16.2. The predicted octanol–water partition coefficient (Wildman–Crippen LogP) is 3.81. The average molecular weight is 406 g/mol. The van der Waals surface area contributed by atoms with Crippen LogP contribution in [0.4, 0.5) is 5.69 Å². The summed E-state index contributed by atoms with van der Waals surface area (Å²) >= 11 is 0. The molecule has 1 N–H and O–H groups in total. The Hall–Kier alpha value is -3.22. The van der Waals surface area contributed by atoms with Crippen LogP contribution in [0, 0.1) is 12.8 Å². The minimum absolute atomic E-state index is 0.0396. The number of piperidine rings is 1. The molecule has 1 atom stereocenters. The maximum Gasteiger partial charge on any atom is 0.255 e. The second-order valence-corrected chi connectivity index (χ2v) is 8.16. The smallest absolute Gasteiger partial charge is 0.255 e. The zero-order valence-corrected chi connectivity index (χ0v) is 17.6. The number of amides is 2. The average Bonchev–Trinajstić information content (AvgIpc) is 3.16. The highest BCUT2D eigenvalue weighted by molar-refractivity contribution is 5.99. The van der Waals surface area contributed by atoms with Crippen LogP contribution in [0.1, 0.15) is 48.8 Å². The van der Waals surface area contributed by atoms with Crippen LogP contribution < -0.4 is 5.32 Å². The zero-order valence-electron chi connectivity index (χ0n) is 17.6. The van der Waals surface area contributed by atoms with Gasteiger partial charge in [0, 0.05) is 30.2 Å². The van der Waals surface area contributed by atoms with Crippen LogP contribution in [0.5, 0.6) is 0 Å². The van der Waals surface area contributed by atoms with Crippen molar-refractivity contribution in [3.8, 4) is 0 Å². The predicted molar refractivity (Wildman–Crippen MR) is 116 cm³/mol. The molecule has 7 nitrogen and oxygen atoms in total. The third-order valence-electron chi connectivity index (χ3n) is 5.60. The summed E-state index contributed by atoms with van der Waals surface area (Å²) in [6, 6.07) is 11.5. The summed E-state index contributed by atoms with van der Waals surface area (Å²) in [7, 11) is 0. The lowest BCUT2D eigenvalue weighted by Gasteiger charge is -2.32. The number of nitrogens with one attached hydrogen (secondary N) is 1. The van der Waals surface area contributed by atoms with Crippen molar-refractivity contribution in [2.45, 2.75) is 39.7 Å². The van der Waals surface area contributed by atoms with Gasteiger partial charge in [0.25, 0.3) is 5.91 Å². The minimum Gasteiger partial charge on any atom is -0.338 e. The van der Waals surface area contributed by atoms with Crippen LogP contribution in [0.25, 0.3) is 11.0 Å². The molecular weight excluding hydrogens is 378 g/mol. The van der Waals surface area contributed by atoms with Crippen LogP contribution in [0.3, 0.4) is 0 Å². The van der Waals surface area contributed by atoms with Gasteiger partial charge in [-0.3, -0.25) is 9.59 Å². The fraction of sp³-hybridized carbons (Fsp3) is 0.391. The zero-order chi connectivity index (χ0) is 21.3. The number of carbonyl (C=O) groups excluding carboxylic acids is 2. The van der Waals surface area contributed by atoms with Crippen LogP contribution >= 0.6 is 0 Å². The van der Waals surface area contributed by atoms with Crippen molar-refractivity contribution in [2.75, 3.05) is 18.4 Å². The molecule has 7 heteroatoms. The number of aromatic nitrogens is 3. The van der Waals surface area contributed by atoms with E-state index in [1.807, 2.05) is 48.0 Å². The van der Waals surface area contributed by atoms with E-state index in [0.29, 0.717) is 24.3 Å². The number of hydrogen-bond donors (Lipinski definition) is 1. The fourth-order valence-corrected chi connectivity index (χ4v) is 3.97. The second-order valence-electron chi connectivity index (χ2n) is 8.16. The molecule has 0 radical (unpaired) electrons. The van der Waals surface area contributed by atoms with Gasteiger partial charge in [-0.25, -0.2) is 9.67 Å². The van der Waals surface area contributed by atoms with E-state index in [-0.39, 0.29) is 23.8 Å². The molecule has 30 heavy (non-hydrogen) atoms. The second kappa shape index (κ2) is 8.26. The number of para-hydroxylation sites is 1. The van der Waals surface area contributed by atoms with Crippen molar-refractivity contribution < 1.29 is 9.59 Å². The Kier molecular flexibility index (Phi) is 5.53. The van der Waals surface area contributed by atoms with Gasteiger partial charge in [-0.15, -0.1) is 0 Å². The standard InChI is InChI=1S/C23H27N5O2/c1-15(2)28-21-18(13-24-28)12-20(16(3)25-21)23(30)27-11-7-8-17(14-27)22(29)26-19-9-5-4-6-10-19/h4-6,9-10,12-13,15,17H,7-8,11,14H2,1-3H3,(H,26,29)/t17-/m0/s1. The molecule has 0 bridgehead atoms. The van der Waals surface area contributed by atoms with E-state index in [1.54, 1.807) is 11.1 Å². The molecule has 2 aromatic heterocycles. The van der Waals surface area contributed by atoms with Crippen LogP contribution in [0.2, 0.25) is 0 Å². The number of rotatable bonds is 4. The lowest BCUT2D eigenvalue weighted by atomic mass is 9.96. The highest BCUT2D eigenvalue weighted by Crippen LogP contribution is 2.24. The quantitative estimate of drug-likeness (QED) is 0.716. The molecule has 1 aliphatic rings. The summed E-state index contributed by atoms with van der Waals surface area (Å²) < 4.78 is 1.86. The lowest BCUT2D eigenvalue weighted by Crippen LogP contribution is -2.44. The van der Waals surface area contributed by atoms with Crippen molar-refractivity contribution in [3.63, 3.8) is 0 Å². The van der Waals surface area contributed by atoms with Gasteiger partial charge in [0.1, 0.15) is 0 Å². The normalized spacial score (nSPS) is 16.8. The van der Waals surface area contributed by atoms with E-state index >= 15 is 0 Å². The molecule has 1 fully saturated rings. The van der Waals surface area contributed by atoms with Gasteiger partial charge in [-0.05, 0) is 51.8 Å². The van der Waals surface area contributed by atoms with Gasteiger partial charge in [0.05, 0.1) is 23.4 Å². The SMILES string of the molecule is Cc1nc2c(cnn2C(C)C)cc1C(=O)N1CCC[C@H](C(=O)Nc2ccccc2)C1. The molecular formula is C23H27N5O2. The van der Waals surface area contributed by atoms with E-state index in [9.17, 15) is 9.59 Å². The third-order valence-corrected chi connectivity index (χ3v) is 5.60. The molecule has 3 aromatic rings. The number of pyridine rings is 1. The van der Waals surface area contributed by atoms with Gasteiger partial charge < -0.3 is 10.2 Å². The monoisotopic (exact) mass is 405 g/mol. The summed E-state index contributed by atoms with van der Waals surface area (Å²) in [5.41, 5.74) is 2.83. The van der Waals surface area contributed by atoms with Crippen molar-refractivity contribution in [1.29, 1.82) is 0 Å². The van der Waals surface area contributed by atoms with Crippen molar-refractivity contribution in [3.05, 3.63) is 53.9 Å². The molecule has 156 valence electrons. The Balaban J connectivity index is 1.51. The number of aryl methyl sites for hydroxylation is 1. The minimum atomic E-state index is -0.219. The topological polar surface area (TPSA) is 80.1 Å². The number of anilines is 1. The Morgan fingerprint density at radius 2 is 1.97 bits per heavy atom. The molecule has 2 amide bonds. The summed E-state index contributed by atoms with van der Waals surface area (Å²) in [6.07, 6.45) is 3.34. The van der Waals surface area contributed by atoms with E-state index < -0.39 is 0 Å². The summed E-state index contributed by atoms with van der Waals surface area (Å²) in [5, 5.41) is 8.21. The molecule has 0 unspecified atom stereocenters. The number of nitrogens with zero attached hydrogens (tertiary/aromatic N) is 4. The first kappa shape index (κ1) is 20.1. The van der Waals surface area contributed by atoms with Crippen molar-refractivity contribution in [2.24, 2.45) is 5.92 Å². The largest absolute Gasteiger partial charge is 0.338 e. The lowest BCUT2D eigenvalue weighted by molar-refractivity contribution is -0.121. The first-order valence-electron chi connectivity index (χ1n) is 10.4. The van der Waals surface area contributed by atoms with Gasteiger partial charge in [0.2, 0.25) is 5.91 Å². The molecule has 3 heterocycles. The van der Waals surface area contributed by atoms with Gasteiger partial charge in [-0.1, -0.05) is 18.2 Å². The van der Waals surface area contributed by atoms with E-state index in [4.69, 9.17) is 0 Å². The Labute approximate surface area is 176 Å².